The lowest BCUT2D eigenvalue weighted by Crippen LogP contribution is -2.22. The molecule has 0 aromatic rings. The van der Waals surface area contributed by atoms with Gasteiger partial charge in [0.25, 0.3) is 0 Å². The van der Waals surface area contributed by atoms with Gasteiger partial charge in [-0.3, -0.25) is 0 Å². The second-order valence-electron chi connectivity index (χ2n) is 2.19. The average Bonchev–Trinajstić information content (AvgIpc) is 1.65. The van der Waals surface area contributed by atoms with Crippen LogP contribution in [0.2, 0.25) is 0 Å². The fourth-order valence-electron chi connectivity index (χ4n) is 0.878. The van der Waals surface area contributed by atoms with Crippen molar-refractivity contribution in [3.8, 4) is 6.07 Å². The topological polar surface area (TPSA) is 23.8 Å². The Kier molecular flexibility index (Phi) is 1.59. The predicted octanol–water partition coefficient (Wildman–Crippen LogP) is 1.54. The zero-order chi connectivity index (χ0) is 5.98. The van der Waals surface area contributed by atoms with Gasteiger partial charge in [0.2, 0.25) is 0 Å². The van der Waals surface area contributed by atoms with Gasteiger partial charge in [0.1, 0.15) is 0 Å². The summed E-state index contributed by atoms with van der Waals surface area (Å²) in [6, 6.07) is 2.20. The van der Waals surface area contributed by atoms with E-state index in [9.17, 15) is 0 Å². The molecule has 0 N–H and O–H groups in total. The molecule has 0 heterocycles. The number of nitrogens with zero attached hydrogens (tertiary/aromatic N) is 1. The van der Waals surface area contributed by atoms with Gasteiger partial charge in [0.05, 0.1) is 6.07 Å². The molecule has 1 fully saturated rings. The minimum Gasteiger partial charge on any atom is -0.198 e. The van der Waals surface area contributed by atoms with Crippen molar-refractivity contribution < 1.29 is 0 Å². The van der Waals surface area contributed by atoms with E-state index >= 15 is 0 Å². The van der Waals surface area contributed by atoms with Crippen LogP contribution < -0.4 is 0 Å². The number of hydrogen-bond donors (Lipinski definition) is 0. The molecule has 0 aromatic carbocycles. The van der Waals surface area contributed by atoms with E-state index < -0.39 is 0 Å². The van der Waals surface area contributed by atoms with Gasteiger partial charge in [-0.2, -0.15) is 5.26 Å². The summed E-state index contributed by atoms with van der Waals surface area (Å²) in [5, 5.41) is 10.1. The van der Waals surface area contributed by atoms with Crippen LogP contribution in [0.1, 0.15) is 12.8 Å². The predicted molar refractivity (Wildman–Crippen MR) is 35.5 cm³/mol. The standard InChI is InChI=1S/C6H7NS/c7-3-5-1-6(2-5)4-8/h4-6H,1-2H2. The molecule has 8 heavy (non-hydrogen) atoms. The van der Waals surface area contributed by atoms with Crippen LogP contribution in [0.4, 0.5) is 0 Å². The van der Waals surface area contributed by atoms with Crippen LogP contribution in [0.15, 0.2) is 0 Å². The van der Waals surface area contributed by atoms with Crippen molar-refractivity contribution in [2.75, 3.05) is 0 Å². The van der Waals surface area contributed by atoms with Crippen LogP contribution in [0.25, 0.3) is 0 Å². The summed E-state index contributed by atoms with van der Waals surface area (Å²) >= 11 is 4.69. The van der Waals surface area contributed by atoms with Gasteiger partial charge in [0, 0.05) is 5.92 Å². The molecule has 0 spiro atoms. The van der Waals surface area contributed by atoms with Crippen LogP contribution in [0, 0.1) is 23.2 Å². The molecule has 42 valence electrons. The van der Waals surface area contributed by atoms with E-state index in [4.69, 9.17) is 17.5 Å². The summed E-state index contributed by atoms with van der Waals surface area (Å²) < 4.78 is 0. The van der Waals surface area contributed by atoms with Crippen molar-refractivity contribution in [1.82, 2.24) is 0 Å². The summed E-state index contributed by atoms with van der Waals surface area (Å²) in [6.07, 6.45) is 2.00. The van der Waals surface area contributed by atoms with E-state index in [0.29, 0.717) is 11.8 Å². The molecule has 1 saturated carbocycles. The molecule has 0 saturated heterocycles. The smallest absolute Gasteiger partial charge is 0.0656 e. The molecule has 2 heteroatoms. The summed E-state index contributed by atoms with van der Waals surface area (Å²) in [5.41, 5.74) is 0. The number of thiocarbonyl (C=S) groups is 1. The fraction of sp³-hybridized carbons (Fsp3) is 0.667. The number of nitriles is 1. The van der Waals surface area contributed by atoms with Gasteiger partial charge >= 0.3 is 0 Å². The van der Waals surface area contributed by atoms with Crippen LogP contribution in [0.5, 0.6) is 0 Å². The lowest BCUT2D eigenvalue weighted by molar-refractivity contribution is 0.332. The minimum atomic E-state index is 0.305. The van der Waals surface area contributed by atoms with Crippen LogP contribution >= 0.6 is 12.2 Å². The van der Waals surface area contributed by atoms with Gasteiger partial charge in [-0.05, 0) is 24.1 Å². The Morgan fingerprint density at radius 2 is 2.25 bits per heavy atom. The first-order valence-corrected chi connectivity index (χ1v) is 3.19. The quantitative estimate of drug-likeness (QED) is 0.496. The minimum absolute atomic E-state index is 0.305. The first-order chi connectivity index (χ1) is 3.86. The molecule has 0 unspecified atom stereocenters. The summed E-state index contributed by atoms with van der Waals surface area (Å²) in [5.74, 6) is 0.869. The SMILES string of the molecule is N#CC1CC(C=S)C1. The Morgan fingerprint density at radius 1 is 1.62 bits per heavy atom. The van der Waals surface area contributed by atoms with Gasteiger partial charge < -0.3 is 0 Å². The number of rotatable bonds is 1. The van der Waals surface area contributed by atoms with Gasteiger partial charge in [-0.25, -0.2) is 0 Å². The van der Waals surface area contributed by atoms with Gasteiger partial charge in [-0.15, -0.1) is 0 Å². The lowest BCUT2D eigenvalue weighted by Gasteiger charge is -2.26. The largest absolute Gasteiger partial charge is 0.198 e. The highest BCUT2D eigenvalue weighted by molar-refractivity contribution is 7.79. The lowest BCUT2D eigenvalue weighted by atomic mass is 9.77. The second-order valence-corrected chi connectivity index (χ2v) is 2.47. The van der Waals surface area contributed by atoms with E-state index in [-0.39, 0.29) is 0 Å². The Bertz CT molecular complexity index is 130. The molecule has 0 amide bonds. The Hall–Kier alpha value is -0.420. The third-order valence-electron chi connectivity index (χ3n) is 1.55. The van der Waals surface area contributed by atoms with Crippen LogP contribution in [-0.4, -0.2) is 5.37 Å². The molecule has 1 aliphatic rings. The maximum Gasteiger partial charge on any atom is 0.0656 e. The summed E-state index contributed by atoms with van der Waals surface area (Å²) in [6.45, 7) is 0. The first-order valence-electron chi connectivity index (χ1n) is 2.71. The molecule has 0 aromatic heterocycles. The van der Waals surface area contributed by atoms with Crippen molar-refractivity contribution in [2.24, 2.45) is 11.8 Å². The normalized spacial score (nSPS) is 34.9. The monoisotopic (exact) mass is 125 g/mol. The van der Waals surface area contributed by atoms with Crippen molar-refractivity contribution >= 4 is 17.6 Å². The molecule has 0 bridgehead atoms. The zero-order valence-corrected chi connectivity index (χ0v) is 5.32. The molecule has 0 radical (unpaired) electrons. The van der Waals surface area contributed by atoms with E-state index in [1.165, 1.54) is 0 Å². The molecule has 1 nitrogen and oxygen atoms in total. The molecule has 1 rings (SSSR count). The van der Waals surface area contributed by atoms with Crippen LogP contribution in [0.3, 0.4) is 0 Å². The van der Waals surface area contributed by atoms with Crippen molar-refractivity contribution in [3.05, 3.63) is 0 Å². The fourth-order valence-corrected chi connectivity index (χ4v) is 1.10. The molecule has 0 atom stereocenters. The van der Waals surface area contributed by atoms with Crippen molar-refractivity contribution in [2.45, 2.75) is 12.8 Å². The third-order valence-corrected chi connectivity index (χ3v) is 1.93. The Balaban J connectivity index is 2.23. The van der Waals surface area contributed by atoms with Gasteiger partial charge in [0.15, 0.2) is 0 Å². The maximum absolute atomic E-state index is 8.30. The van der Waals surface area contributed by atoms with E-state index in [0.717, 1.165) is 12.8 Å². The van der Waals surface area contributed by atoms with E-state index in [1.54, 1.807) is 5.37 Å². The highest BCUT2D eigenvalue weighted by atomic mass is 32.1. The van der Waals surface area contributed by atoms with Crippen molar-refractivity contribution in [3.63, 3.8) is 0 Å². The Morgan fingerprint density at radius 3 is 2.62 bits per heavy atom. The average molecular weight is 125 g/mol. The molecule has 1 aliphatic carbocycles. The maximum atomic E-state index is 8.30. The number of hydrogen-bond acceptors (Lipinski definition) is 2. The molecular formula is C6H7NS. The first kappa shape index (κ1) is 5.71. The van der Waals surface area contributed by atoms with E-state index in [2.05, 4.69) is 6.07 Å². The second kappa shape index (κ2) is 2.23. The van der Waals surface area contributed by atoms with Crippen molar-refractivity contribution in [1.29, 1.82) is 5.26 Å². The molecular weight excluding hydrogens is 118 g/mol. The van der Waals surface area contributed by atoms with Crippen LogP contribution in [-0.2, 0) is 0 Å². The zero-order valence-electron chi connectivity index (χ0n) is 4.50. The summed E-state index contributed by atoms with van der Waals surface area (Å²) in [4.78, 5) is 0. The Labute approximate surface area is 54.3 Å². The summed E-state index contributed by atoms with van der Waals surface area (Å²) in [7, 11) is 0. The molecule has 0 aliphatic heterocycles. The highest BCUT2D eigenvalue weighted by Crippen LogP contribution is 2.31. The third kappa shape index (κ3) is 0.873. The highest BCUT2D eigenvalue weighted by Gasteiger charge is 2.26. The van der Waals surface area contributed by atoms with Gasteiger partial charge in [-0.1, -0.05) is 12.2 Å². The van der Waals surface area contributed by atoms with E-state index in [1.807, 2.05) is 0 Å².